The lowest BCUT2D eigenvalue weighted by Crippen LogP contribution is -1.83. The Labute approximate surface area is 68.3 Å². The zero-order valence-electron chi connectivity index (χ0n) is 6.11. The second-order valence-corrected chi connectivity index (χ2v) is 2.98. The Morgan fingerprint density at radius 3 is 3.27 bits per heavy atom. The van der Waals surface area contributed by atoms with E-state index in [0.29, 0.717) is 0 Å². The van der Waals surface area contributed by atoms with Gasteiger partial charge in [0.05, 0.1) is 0 Å². The molecule has 0 aliphatic carbocycles. The monoisotopic (exact) mass is 165 g/mol. The molecule has 3 nitrogen and oxygen atoms in total. The molecule has 0 unspecified atom stereocenters. The molecular weight excluding hydrogens is 158 g/mol. The van der Waals surface area contributed by atoms with Crippen LogP contribution in [0.4, 0.5) is 0 Å². The number of hydrogen-bond donors (Lipinski definition) is 0. The van der Waals surface area contributed by atoms with Crippen molar-refractivity contribution in [3.05, 3.63) is 17.8 Å². The van der Waals surface area contributed by atoms with Crippen molar-refractivity contribution in [3.8, 4) is 0 Å². The van der Waals surface area contributed by atoms with E-state index in [4.69, 9.17) is 0 Å². The Bertz CT molecular complexity index is 368. The molecule has 0 bridgehead atoms. The molecule has 0 N–H and O–H groups in total. The molecule has 4 heteroatoms. The van der Waals surface area contributed by atoms with Gasteiger partial charge in [0, 0.05) is 17.7 Å². The van der Waals surface area contributed by atoms with E-state index in [1.165, 1.54) is 17.1 Å². The van der Waals surface area contributed by atoms with Crippen LogP contribution >= 0.6 is 11.5 Å². The summed E-state index contributed by atoms with van der Waals surface area (Å²) < 4.78 is 3.84. The zero-order chi connectivity index (χ0) is 7.68. The van der Waals surface area contributed by atoms with Gasteiger partial charge in [-0.25, -0.2) is 4.98 Å². The first-order valence-corrected chi connectivity index (χ1v) is 4.25. The Morgan fingerprint density at radius 1 is 1.55 bits per heavy atom. The largest absolute Gasteiger partial charge is 0.242 e. The van der Waals surface area contributed by atoms with Gasteiger partial charge in [0.1, 0.15) is 5.52 Å². The summed E-state index contributed by atoms with van der Waals surface area (Å²) in [6.45, 7) is 2.11. The van der Waals surface area contributed by atoms with Gasteiger partial charge in [-0.3, -0.25) is 0 Å². The average molecular weight is 165 g/mol. The van der Waals surface area contributed by atoms with Gasteiger partial charge in [0.2, 0.25) is 0 Å². The van der Waals surface area contributed by atoms with E-state index in [2.05, 4.69) is 21.5 Å². The zero-order valence-corrected chi connectivity index (χ0v) is 6.93. The van der Waals surface area contributed by atoms with Crippen LogP contribution in [-0.2, 0) is 6.42 Å². The van der Waals surface area contributed by atoms with Crippen molar-refractivity contribution < 1.29 is 0 Å². The van der Waals surface area contributed by atoms with Gasteiger partial charge in [-0.15, -0.1) is 5.10 Å². The van der Waals surface area contributed by atoms with Gasteiger partial charge in [-0.1, -0.05) is 11.4 Å². The lowest BCUT2D eigenvalue weighted by molar-refractivity contribution is 1.11. The van der Waals surface area contributed by atoms with Crippen molar-refractivity contribution in [2.45, 2.75) is 13.3 Å². The fourth-order valence-corrected chi connectivity index (χ4v) is 1.60. The molecule has 0 atom stereocenters. The first-order valence-electron chi connectivity index (χ1n) is 3.47. The second-order valence-electron chi connectivity index (χ2n) is 2.25. The van der Waals surface area contributed by atoms with Crippen LogP contribution < -0.4 is 0 Å². The molecule has 0 spiro atoms. The molecule has 0 radical (unpaired) electrons. The Morgan fingerprint density at radius 2 is 2.45 bits per heavy atom. The van der Waals surface area contributed by atoms with Gasteiger partial charge in [0.25, 0.3) is 0 Å². The van der Waals surface area contributed by atoms with Gasteiger partial charge in [-0.2, -0.15) is 0 Å². The average Bonchev–Trinajstić information content (AvgIpc) is 2.50. The fraction of sp³-hybridized carbons (Fsp3) is 0.286. The molecule has 56 valence electrons. The van der Waals surface area contributed by atoms with E-state index < -0.39 is 0 Å². The predicted octanol–water partition coefficient (Wildman–Crippen LogP) is 1.65. The van der Waals surface area contributed by atoms with Crippen molar-refractivity contribution in [1.29, 1.82) is 0 Å². The van der Waals surface area contributed by atoms with Crippen LogP contribution in [0.1, 0.15) is 12.5 Å². The normalized spacial score (nSPS) is 10.6. The summed E-state index contributed by atoms with van der Waals surface area (Å²) in [4.78, 5) is 5.08. The number of fused-ring (bicyclic) bond motifs is 1. The predicted molar refractivity (Wildman–Crippen MR) is 44.6 cm³/mol. The quantitative estimate of drug-likeness (QED) is 0.645. The maximum atomic E-state index is 4.14. The van der Waals surface area contributed by atoms with Crippen molar-refractivity contribution >= 4 is 21.9 Å². The number of pyridine rings is 1. The third-order valence-corrected chi connectivity index (χ3v) is 2.26. The van der Waals surface area contributed by atoms with Gasteiger partial charge >= 0.3 is 0 Å². The van der Waals surface area contributed by atoms with Gasteiger partial charge < -0.3 is 0 Å². The third-order valence-electron chi connectivity index (χ3n) is 1.62. The third kappa shape index (κ3) is 0.991. The molecule has 0 aliphatic rings. The molecule has 11 heavy (non-hydrogen) atoms. The molecule has 2 heterocycles. The molecular formula is C7H7N3S. The van der Waals surface area contributed by atoms with Crippen LogP contribution in [0.3, 0.4) is 0 Å². The molecule has 0 aromatic carbocycles. The van der Waals surface area contributed by atoms with E-state index in [1.807, 2.05) is 6.07 Å². The van der Waals surface area contributed by atoms with Crippen molar-refractivity contribution in [2.75, 3.05) is 0 Å². The first-order chi connectivity index (χ1) is 5.42. The molecule has 2 aromatic heterocycles. The van der Waals surface area contributed by atoms with E-state index in [9.17, 15) is 0 Å². The highest BCUT2D eigenvalue weighted by Crippen LogP contribution is 2.16. The molecule has 0 aliphatic heterocycles. The molecule has 0 amide bonds. The van der Waals surface area contributed by atoms with Crippen LogP contribution in [0.15, 0.2) is 12.3 Å². The summed E-state index contributed by atoms with van der Waals surface area (Å²) >= 11 is 1.34. The minimum absolute atomic E-state index is 0.935. The molecule has 0 saturated carbocycles. The van der Waals surface area contributed by atoms with Crippen LogP contribution in [-0.4, -0.2) is 14.6 Å². The van der Waals surface area contributed by atoms with Crippen molar-refractivity contribution in [3.63, 3.8) is 0 Å². The second kappa shape index (κ2) is 2.54. The van der Waals surface area contributed by atoms with Gasteiger partial charge in [0.15, 0.2) is 4.83 Å². The maximum absolute atomic E-state index is 4.14. The summed E-state index contributed by atoms with van der Waals surface area (Å²) in [6.07, 6.45) is 2.80. The number of aromatic nitrogens is 3. The Kier molecular flexibility index (Phi) is 1.54. The number of hydrogen-bond acceptors (Lipinski definition) is 4. The topological polar surface area (TPSA) is 38.7 Å². The lowest BCUT2D eigenvalue weighted by Gasteiger charge is -1.93. The van der Waals surface area contributed by atoms with Crippen LogP contribution in [0.5, 0.6) is 0 Å². The van der Waals surface area contributed by atoms with Crippen molar-refractivity contribution in [2.24, 2.45) is 0 Å². The van der Waals surface area contributed by atoms with E-state index >= 15 is 0 Å². The minimum Gasteiger partial charge on any atom is -0.242 e. The molecule has 0 saturated heterocycles. The highest BCUT2D eigenvalue weighted by Gasteiger charge is 2.02. The minimum atomic E-state index is 0.935. The van der Waals surface area contributed by atoms with Crippen LogP contribution in [0.2, 0.25) is 0 Å². The van der Waals surface area contributed by atoms with Crippen LogP contribution in [0, 0.1) is 0 Å². The Balaban J connectivity index is 2.79. The summed E-state index contributed by atoms with van der Waals surface area (Å²) in [5.74, 6) is 0. The fourth-order valence-electron chi connectivity index (χ4n) is 1.03. The molecule has 2 aromatic rings. The summed E-state index contributed by atoms with van der Waals surface area (Å²) in [7, 11) is 0. The number of aryl methyl sites for hydroxylation is 1. The Hall–Kier alpha value is -1.03. The highest BCUT2D eigenvalue weighted by atomic mass is 32.1. The summed E-state index contributed by atoms with van der Waals surface area (Å²) in [6, 6.07) is 1.99. The van der Waals surface area contributed by atoms with Crippen LogP contribution in [0.25, 0.3) is 10.3 Å². The first kappa shape index (κ1) is 6.67. The number of nitrogens with zero attached hydrogens (tertiary/aromatic N) is 3. The molecule has 0 fully saturated rings. The number of rotatable bonds is 1. The van der Waals surface area contributed by atoms with E-state index in [-0.39, 0.29) is 0 Å². The molecule has 2 rings (SSSR count). The van der Waals surface area contributed by atoms with Crippen molar-refractivity contribution in [1.82, 2.24) is 14.6 Å². The van der Waals surface area contributed by atoms with E-state index in [1.54, 1.807) is 6.20 Å². The smallest absolute Gasteiger partial charge is 0.164 e. The maximum Gasteiger partial charge on any atom is 0.164 e. The van der Waals surface area contributed by atoms with E-state index in [0.717, 1.165) is 16.8 Å². The SMILES string of the molecule is CCc1ccnc2snnc12. The summed E-state index contributed by atoms with van der Waals surface area (Å²) in [5.41, 5.74) is 2.18. The van der Waals surface area contributed by atoms with Gasteiger partial charge in [-0.05, 0) is 18.1 Å². The standard InChI is InChI=1S/C7H7N3S/c1-2-5-3-4-8-7-6(5)9-10-11-7/h3-4H,2H2,1H3. The lowest BCUT2D eigenvalue weighted by atomic mass is 10.2. The summed E-state index contributed by atoms with van der Waals surface area (Å²) in [5, 5.41) is 4.00. The highest BCUT2D eigenvalue weighted by molar-refractivity contribution is 7.12.